The predicted molar refractivity (Wildman–Crippen MR) is 87.8 cm³/mol. The first kappa shape index (κ1) is 16.2. The summed E-state index contributed by atoms with van der Waals surface area (Å²) in [5.41, 5.74) is -1.66. The lowest BCUT2D eigenvalue weighted by atomic mass is 9.43. The molecule has 0 bridgehead atoms. The number of hydrogen-bond acceptors (Lipinski definition) is 5. The lowest BCUT2D eigenvalue weighted by Gasteiger charge is -2.62. The van der Waals surface area contributed by atoms with Gasteiger partial charge in [-0.15, -0.1) is 0 Å². The average Bonchev–Trinajstić information content (AvgIpc) is 2.84. The summed E-state index contributed by atoms with van der Waals surface area (Å²) in [7, 11) is 0. The molecule has 4 aliphatic carbocycles. The van der Waals surface area contributed by atoms with Gasteiger partial charge in [0, 0.05) is 30.1 Å². The van der Waals surface area contributed by atoms with Crippen LogP contribution in [0.3, 0.4) is 0 Å². The molecule has 5 heteroatoms. The second-order valence-electron chi connectivity index (χ2n) is 9.04. The molecule has 2 N–H and O–H groups in total. The highest BCUT2D eigenvalue weighted by molar-refractivity contribution is 5.99. The Hall–Kier alpha value is -1.23. The summed E-state index contributed by atoms with van der Waals surface area (Å²) in [6.07, 6.45) is 5.04. The molecule has 0 spiro atoms. The molecule has 0 radical (unpaired) electrons. The molecule has 0 aliphatic heterocycles. The van der Waals surface area contributed by atoms with Crippen LogP contribution >= 0.6 is 0 Å². The summed E-state index contributed by atoms with van der Waals surface area (Å²) in [6.45, 7) is 4.17. The van der Waals surface area contributed by atoms with Gasteiger partial charge in [0.05, 0.1) is 5.71 Å². The molecule has 0 amide bonds. The zero-order chi connectivity index (χ0) is 17.3. The monoisotopic (exact) mass is 333 g/mol. The molecule has 0 heterocycles. The van der Waals surface area contributed by atoms with E-state index < -0.39 is 11.0 Å². The maximum absolute atomic E-state index is 12.5. The second kappa shape index (κ2) is 4.90. The normalized spacial score (nSPS) is 52.8. The summed E-state index contributed by atoms with van der Waals surface area (Å²) < 4.78 is 0. The summed E-state index contributed by atoms with van der Waals surface area (Å²) in [5, 5.41) is 24.4. The second-order valence-corrected chi connectivity index (χ2v) is 9.04. The first-order valence-electron chi connectivity index (χ1n) is 9.25. The van der Waals surface area contributed by atoms with E-state index in [1.807, 2.05) is 0 Å². The third-order valence-electron chi connectivity index (χ3n) is 8.31. The Morgan fingerprint density at radius 1 is 1.08 bits per heavy atom. The van der Waals surface area contributed by atoms with Gasteiger partial charge >= 0.3 is 0 Å². The molecular formula is C19H27NO4. The molecule has 0 aromatic carbocycles. The van der Waals surface area contributed by atoms with Gasteiger partial charge in [-0.05, 0) is 49.9 Å². The standard InChI is InChI=1S/C19H27NO4/c1-17-7-6-14-12(13(17)3-4-16(17)22)9-15(20-24)19(23)10-11(21)5-8-18(14,19)2/h12-14,23-24H,3-10H2,1-2H3/t12-,13-,14-,17-,18+,19-/m0/s1. The molecule has 0 aromatic rings. The highest BCUT2D eigenvalue weighted by atomic mass is 16.4. The van der Waals surface area contributed by atoms with Gasteiger partial charge in [-0.25, -0.2) is 0 Å². The SMILES string of the molecule is C[C@]12CC[C@H]3[C@@H](CC(=NO)[C@@]4(O)CC(=O)CC[C@]34C)[C@@H]1CCC2=O. The van der Waals surface area contributed by atoms with E-state index in [-0.39, 0.29) is 29.5 Å². The summed E-state index contributed by atoms with van der Waals surface area (Å²) in [4.78, 5) is 24.5. The van der Waals surface area contributed by atoms with Crippen LogP contribution in [0.5, 0.6) is 0 Å². The highest BCUT2D eigenvalue weighted by Crippen LogP contribution is 2.65. The van der Waals surface area contributed by atoms with E-state index in [2.05, 4.69) is 19.0 Å². The summed E-state index contributed by atoms with van der Waals surface area (Å²) >= 11 is 0. The quantitative estimate of drug-likeness (QED) is 0.527. The average molecular weight is 333 g/mol. The van der Waals surface area contributed by atoms with Crippen molar-refractivity contribution in [1.82, 2.24) is 0 Å². The molecule has 6 atom stereocenters. The van der Waals surface area contributed by atoms with Gasteiger partial charge in [0.15, 0.2) is 0 Å². The molecule has 132 valence electrons. The van der Waals surface area contributed by atoms with E-state index in [1.54, 1.807) is 0 Å². The van der Waals surface area contributed by atoms with Crippen molar-refractivity contribution >= 4 is 17.3 Å². The van der Waals surface area contributed by atoms with Crippen LogP contribution in [0.4, 0.5) is 0 Å². The first-order valence-corrected chi connectivity index (χ1v) is 9.25. The number of nitrogens with zero attached hydrogens (tertiary/aromatic N) is 1. The fraction of sp³-hybridized carbons (Fsp3) is 0.842. The van der Waals surface area contributed by atoms with Crippen LogP contribution < -0.4 is 0 Å². The van der Waals surface area contributed by atoms with E-state index in [9.17, 15) is 19.9 Å². The van der Waals surface area contributed by atoms with Gasteiger partial charge < -0.3 is 10.3 Å². The van der Waals surface area contributed by atoms with E-state index >= 15 is 0 Å². The Morgan fingerprint density at radius 2 is 1.83 bits per heavy atom. The lowest BCUT2D eigenvalue weighted by Crippen LogP contribution is -2.66. The van der Waals surface area contributed by atoms with E-state index in [1.165, 1.54) is 0 Å². The molecule has 4 saturated carbocycles. The third kappa shape index (κ3) is 1.77. The Morgan fingerprint density at radius 3 is 2.54 bits per heavy atom. The van der Waals surface area contributed by atoms with Gasteiger partial charge in [-0.3, -0.25) is 9.59 Å². The number of ketones is 2. The smallest absolute Gasteiger partial charge is 0.139 e. The van der Waals surface area contributed by atoms with Crippen molar-refractivity contribution in [3.63, 3.8) is 0 Å². The van der Waals surface area contributed by atoms with Crippen LogP contribution in [0.15, 0.2) is 5.16 Å². The zero-order valence-corrected chi connectivity index (χ0v) is 14.5. The summed E-state index contributed by atoms with van der Waals surface area (Å²) in [6, 6.07) is 0. The minimum Gasteiger partial charge on any atom is -0.411 e. The van der Waals surface area contributed by atoms with Crippen molar-refractivity contribution in [2.24, 2.45) is 33.7 Å². The van der Waals surface area contributed by atoms with Crippen LogP contribution in [0.25, 0.3) is 0 Å². The van der Waals surface area contributed by atoms with Gasteiger partial charge in [0.1, 0.15) is 17.2 Å². The first-order chi connectivity index (χ1) is 11.3. The maximum Gasteiger partial charge on any atom is 0.139 e. The van der Waals surface area contributed by atoms with Crippen LogP contribution in [0.2, 0.25) is 0 Å². The topological polar surface area (TPSA) is 87.0 Å². The van der Waals surface area contributed by atoms with Crippen LogP contribution in [0.1, 0.15) is 65.2 Å². The van der Waals surface area contributed by atoms with Gasteiger partial charge in [0.2, 0.25) is 0 Å². The van der Waals surface area contributed by atoms with Gasteiger partial charge in [-0.1, -0.05) is 19.0 Å². The van der Waals surface area contributed by atoms with Crippen LogP contribution in [-0.2, 0) is 9.59 Å². The molecule has 0 aromatic heterocycles. The largest absolute Gasteiger partial charge is 0.411 e. The Labute approximate surface area is 142 Å². The molecule has 4 aliphatic rings. The van der Waals surface area contributed by atoms with Crippen LogP contribution in [0, 0.1) is 28.6 Å². The third-order valence-corrected chi connectivity index (χ3v) is 8.31. The van der Waals surface area contributed by atoms with Crippen molar-refractivity contribution in [2.75, 3.05) is 0 Å². The fourth-order valence-corrected chi connectivity index (χ4v) is 6.76. The van der Waals surface area contributed by atoms with Gasteiger partial charge in [-0.2, -0.15) is 0 Å². The van der Waals surface area contributed by atoms with Gasteiger partial charge in [0.25, 0.3) is 0 Å². The van der Waals surface area contributed by atoms with E-state index in [0.29, 0.717) is 43.1 Å². The molecule has 24 heavy (non-hydrogen) atoms. The number of fused-ring (bicyclic) bond motifs is 5. The highest BCUT2D eigenvalue weighted by Gasteiger charge is 2.67. The summed E-state index contributed by atoms with van der Waals surface area (Å²) in [5.74, 6) is 1.27. The van der Waals surface area contributed by atoms with Crippen molar-refractivity contribution in [3.8, 4) is 0 Å². The van der Waals surface area contributed by atoms with Crippen molar-refractivity contribution in [1.29, 1.82) is 0 Å². The van der Waals surface area contributed by atoms with Crippen LogP contribution in [-0.4, -0.2) is 33.2 Å². The Bertz CT molecular complexity index is 643. The molecular weight excluding hydrogens is 306 g/mol. The molecule has 0 saturated heterocycles. The predicted octanol–water partition coefficient (Wildman–Crippen LogP) is 2.72. The van der Waals surface area contributed by atoms with Crippen molar-refractivity contribution in [2.45, 2.75) is 70.8 Å². The Kier molecular flexibility index (Phi) is 3.32. The minimum atomic E-state index is -1.32. The van der Waals surface area contributed by atoms with Crippen molar-refractivity contribution < 1.29 is 19.9 Å². The maximum atomic E-state index is 12.5. The molecule has 5 nitrogen and oxygen atoms in total. The number of carbonyl (C=O) groups is 2. The lowest BCUT2D eigenvalue weighted by molar-refractivity contribution is -0.162. The van der Waals surface area contributed by atoms with Crippen molar-refractivity contribution in [3.05, 3.63) is 0 Å². The zero-order valence-electron chi connectivity index (χ0n) is 14.5. The number of carbonyl (C=O) groups excluding carboxylic acids is 2. The Balaban J connectivity index is 1.78. The number of oxime groups is 1. The fourth-order valence-electron chi connectivity index (χ4n) is 6.76. The number of rotatable bonds is 0. The number of Topliss-reactive ketones (excluding diaryl/α,β-unsaturated/α-hetero) is 2. The molecule has 4 fully saturated rings. The number of aliphatic hydroxyl groups is 1. The number of hydrogen-bond donors (Lipinski definition) is 2. The minimum absolute atomic E-state index is 0.0475. The van der Waals surface area contributed by atoms with E-state index in [4.69, 9.17) is 0 Å². The molecule has 0 unspecified atom stereocenters. The molecule has 4 rings (SSSR count). The van der Waals surface area contributed by atoms with E-state index in [0.717, 1.165) is 19.3 Å².